The van der Waals surface area contributed by atoms with Gasteiger partial charge in [0, 0.05) is 0 Å². The van der Waals surface area contributed by atoms with Crippen LogP contribution in [0, 0.1) is 92.7 Å². The second kappa shape index (κ2) is 10.00. The Kier molecular flexibility index (Phi) is 5.98. The van der Waals surface area contributed by atoms with Gasteiger partial charge in [-0.3, -0.25) is 19.2 Å². The first-order chi connectivity index (χ1) is 25.1. The number of hydrogen-bond acceptors (Lipinski definition) is 4. The Morgan fingerprint density at radius 1 is 0.250 bits per heavy atom. The molecular formula is C44H60N4O4. The van der Waals surface area contributed by atoms with Crippen molar-refractivity contribution in [3.05, 3.63) is 0 Å². The molecule has 16 aliphatic carbocycles. The fourth-order valence-corrected chi connectivity index (χ4v) is 19.3. The summed E-state index contributed by atoms with van der Waals surface area (Å²) in [5.41, 5.74) is -2.09. The highest BCUT2D eigenvalue weighted by atomic mass is 16.4. The Morgan fingerprint density at radius 2 is 0.365 bits per heavy atom. The van der Waals surface area contributed by atoms with Crippen LogP contribution in [0.2, 0.25) is 0 Å². The first kappa shape index (κ1) is 31.1. The van der Waals surface area contributed by atoms with Gasteiger partial charge in [-0.25, -0.2) is 0 Å². The van der Waals surface area contributed by atoms with Gasteiger partial charge >= 0.3 is 0 Å². The van der Waals surface area contributed by atoms with Crippen LogP contribution in [-0.2, 0) is 19.2 Å². The van der Waals surface area contributed by atoms with Crippen LogP contribution < -0.4 is 0 Å². The van der Waals surface area contributed by atoms with E-state index >= 15 is 19.2 Å². The summed E-state index contributed by atoms with van der Waals surface area (Å²) in [6.07, 6.45) is 25.4. The van der Waals surface area contributed by atoms with E-state index < -0.39 is 21.7 Å². The molecule has 1 saturated heterocycles. The number of carbonyl (C=O) groups excluding carboxylic acids is 4. The lowest BCUT2D eigenvalue weighted by molar-refractivity contribution is -0.434. The van der Waals surface area contributed by atoms with Crippen LogP contribution in [0.5, 0.6) is 0 Å². The minimum Gasteiger partial charge on any atom is -0.270 e. The summed E-state index contributed by atoms with van der Waals surface area (Å²) in [6, 6.07) is 0. The van der Waals surface area contributed by atoms with E-state index in [1.54, 1.807) is 20.5 Å². The Hall–Kier alpha value is -2.12. The van der Waals surface area contributed by atoms with Gasteiger partial charge in [-0.05, 0) is 225 Å². The molecule has 280 valence electrons. The van der Waals surface area contributed by atoms with Crippen LogP contribution in [0.1, 0.15) is 154 Å². The molecule has 1 aliphatic heterocycles. The van der Waals surface area contributed by atoms with Crippen LogP contribution in [0.3, 0.4) is 0 Å². The standard InChI is InChI=1S/C44H60N4O4/c49-37(41-13-25-1-26(14-41)3-27(2-25)15-41)45-46(38(50)42-16-28-4-29(17-42)6-30(5-28)18-42)48(40(52)44-22-34-10-35(23-44)12-36(11-34)24-44)47(45)39(51)43-19-31-7-32(20-43)9-33(8-31)21-43/h25-36H,1-24H2. The molecule has 0 atom stereocenters. The molecule has 0 aromatic heterocycles. The molecule has 16 bridgehead atoms. The summed E-state index contributed by atoms with van der Waals surface area (Å²) in [7, 11) is 0. The maximum Gasteiger partial charge on any atom is 0.270 e. The predicted molar refractivity (Wildman–Crippen MR) is 190 cm³/mol. The van der Waals surface area contributed by atoms with E-state index in [9.17, 15) is 0 Å². The van der Waals surface area contributed by atoms with Crippen molar-refractivity contribution in [3.8, 4) is 0 Å². The first-order valence-corrected chi connectivity index (χ1v) is 22.5. The topological polar surface area (TPSA) is 81.2 Å². The van der Waals surface area contributed by atoms with Crippen molar-refractivity contribution < 1.29 is 19.2 Å². The normalized spacial score (nSPS) is 55.1. The minimum absolute atomic E-state index is 0.0164. The molecule has 0 N–H and O–H groups in total. The maximum atomic E-state index is 15.8. The molecule has 0 radical (unpaired) electrons. The summed E-state index contributed by atoms with van der Waals surface area (Å²) in [5.74, 6) is 6.78. The average molecular weight is 709 g/mol. The maximum absolute atomic E-state index is 15.8. The molecule has 0 aromatic rings. The second-order valence-electron chi connectivity index (χ2n) is 23.2. The molecular weight excluding hydrogens is 649 g/mol. The molecule has 17 rings (SSSR count). The van der Waals surface area contributed by atoms with E-state index in [2.05, 4.69) is 0 Å². The predicted octanol–water partition coefficient (Wildman–Crippen LogP) is 7.84. The van der Waals surface area contributed by atoms with Crippen molar-refractivity contribution in [2.24, 2.45) is 92.7 Å². The van der Waals surface area contributed by atoms with Gasteiger partial charge in [0.05, 0.1) is 21.7 Å². The Bertz CT molecular complexity index is 1280. The summed E-state index contributed by atoms with van der Waals surface area (Å²) < 4.78 is 0. The Labute approximate surface area is 309 Å². The van der Waals surface area contributed by atoms with E-state index in [0.29, 0.717) is 71.0 Å². The Morgan fingerprint density at radius 3 is 0.481 bits per heavy atom. The Balaban J connectivity index is 0.946. The third-order valence-corrected chi connectivity index (χ3v) is 19.4. The third-order valence-electron chi connectivity index (χ3n) is 19.4. The lowest BCUT2D eigenvalue weighted by Crippen LogP contribution is -2.87. The van der Waals surface area contributed by atoms with Gasteiger partial charge in [-0.15, -0.1) is 20.5 Å². The number of amides is 4. The van der Waals surface area contributed by atoms with E-state index in [4.69, 9.17) is 0 Å². The highest BCUT2D eigenvalue weighted by Crippen LogP contribution is 2.67. The average Bonchev–Trinajstić information content (AvgIpc) is 3.05. The molecule has 0 aromatic carbocycles. The fraction of sp³-hybridized carbons (Fsp3) is 0.909. The molecule has 1 heterocycles. The molecule has 0 spiro atoms. The zero-order valence-corrected chi connectivity index (χ0v) is 31.3. The van der Waals surface area contributed by atoms with Crippen LogP contribution in [-0.4, -0.2) is 44.1 Å². The van der Waals surface area contributed by atoms with Crippen molar-refractivity contribution in [3.63, 3.8) is 0 Å². The smallest absolute Gasteiger partial charge is 0.270 e. The number of rotatable bonds is 4. The third kappa shape index (κ3) is 4.02. The first-order valence-electron chi connectivity index (χ1n) is 22.5. The van der Waals surface area contributed by atoms with Crippen molar-refractivity contribution in [1.29, 1.82) is 0 Å². The molecule has 8 nitrogen and oxygen atoms in total. The highest BCUT2D eigenvalue weighted by molar-refractivity contribution is 5.97. The van der Waals surface area contributed by atoms with Gasteiger partial charge in [0.1, 0.15) is 0 Å². The fourth-order valence-electron chi connectivity index (χ4n) is 19.3. The molecule has 17 aliphatic rings. The number of nitrogens with zero attached hydrogens (tertiary/aromatic N) is 4. The highest BCUT2D eigenvalue weighted by Gasteiger charge is 2.71. The quantitative estimate of drug-likeness (QED) is 0.298. The number of carbonyl (C=O) groups is 4. The van der Waals surface area contributed by atoms with Crippen LogP contribution in [0.4, 0.5) is 0 Å². The van der Waals surface area contributed by atoms with Crippen LogP contribution >= 0.6 is 0 Å². The monoisotopic (exact) mass is 708 g/mol. The lowest BCUT2D eigenvalue weighted by atomic mass is 9.48. The zero-order valence-electron chi connectivity index (χ0n) is 31.3. The number of hydrogen-bond donors (Lipinski definition) is 0. The summed E-state index contributed by atoms with van der Waals surface area (Å²) in [6.45, 7) is 0. The molecule has 16 saturated carbocycles. The van der Waals surface area contributed by atoms with Gasteiger partial charge in [-0.2, -0.15) is 0 Å². The van der Waals surface area contributed by atoms with Gasteiger partial charge in [0.2, 0.25) is 0 Å². The second-order valence-corrected chi connectivity index (χ2v) is 23.2. The van der Waals surface area contributed by atoms with Crippen molar-refractivity contribution in [1.82, 2.24) is 20.5 Å². The lowest BCUT2D eigenvalue weighted by Gasteiger charge is -2.68. The molecule has 17 fully saturated rings. The van der Waals surface area contributed by atoms with Crippen molar-refractivity contribution >= 4 is 23.6 Å². The molecule has 52 heavy (non-hydrogen) atoms. The summed E-state index contributed by atoms with van der Waals surface area (Å²) in [5, 5.41) is 6.47. The number of hydrazine groups is 4. The molecule has 0 unspecified atom stereocenters. The van der Waals surface area contributed by atoms with Gasteiger partial charge in [0.25, 0.3) is 23.6 Å². The van der Waals surface area contributed by atoms with E-state index in [-0.39, 0.29) is 23.6 Å². The van der Waals surface area contributed by atoms with Crippen molar-refractivity contribution in [2.45, 2.75) is 154 Å². The zero-order chi connectivity index (χ0) is 34.5. The van der Waals surface area contributed by atoms with E-state index in [0.717, 1.165) is 77.0 Å². The minimum atomic E-state index is -0.523. The van der Waals surface area contributed by atoms with Crippen LogP contribution in [0.25, 0.3) is 0 Å². The van der Waals surface area contributed by atoms with E-state index in [1.807, 2.05) is 0 Å². The largest absolute Gasteiger partial charge is 0.270 e. The van der Waals surface area contributed by atoms with Crippen LogP contribution in [0.15, 0.2) is 0 Å². The molecule has 4 amide bonds. The van der Waals surface area contributed by atoms with E-state index in [1.165, 1.54) is 77.0 Å². The van der Waals surface area contributed by atoms with Gasteiger partial charge < -0.3 is 0 Å². The molecule has 8 heteroatoms. The SMILES string of the molecule is O=C(N1N(C(=O)C23CC4CC(CC(C4)C2)C3)N(C(=O)C23CC4CC(CC(C4)C2)C3)N1C(=O)C12CC3CC(CC(C3)C1)C2)C12CC3CC(CC(C3)C1)C2. The van der Waals surface area contributed by atoms with Gasteiger partial charge in [-0.1, -0.05) is 0 Å². The summed E-state index contributed by atoms with van der Waals surface area (Å²) >= 11 is 0. The summed E-state index contributed by atoms with van der Waals surface area (Å²) in [4.78, 5) is 63.1. The van der Waals surface area contributed by atoms with Crippen molar-refractivity contribution in [2.75, 3.05) is 0 Å². The van der Waals surface area contributed by atoms with Gasteiger partial charge in [0.15, 0.2) is 0 Å².